The van der Waals surface area contributed by atoms with E-state index in [1.54, 1.807) is 18.2 Å². The summed E-state index contributed by atoms with van der Waals surface area (Å²) in [4.78, 5) is 11.2. The molecule has 0 spiro atoms. The molecule has 0 heterocycles. The molecule has 104 valence electrons. The normalized spacial score (nSPS) is 10.2. The van der Waals surface area contributed by atoms with E-state index < -0.39 is 11.8 Å². The molecule has 1 N–H and O–H groups in total. The minimum Gasteiger partial charge on any atom is -0.495 e. The van der Waals surface area contributed by atoms with Gasteiger partial charge in [-0.25, -0.2) is 9.18 Å². The van der Waals surface area contributed by atoms with Gasteiger partial charge in [-0.2, -0.15) is 0 Å². The molecule has 0 amide bonds. The Kier molecular flexibility index (Phi) is 3.89. The van der Waals surface area contributed by atoms with E-state index in [0.29, 0.717) is 11.1 Å². The highest BCUT2D eigenvalue weighted by molar-refractivity contribution is 5.94. The molecule has 0 saturated heterocycles. The number of aromatic carboxylic acids is 1. The Morgan fingerprint density at radius 2 is 1.90 bits per heavy atom. The Hall–Kier alpha value is -2.56. The van der Waals surface area contributed by atoms with Crippen molar-refractivity contribution in [3.63, 3.8) is 0 Å². The summed E-state index contributed by atoms with van der Waals surface area (Å²) in [6, 6.07) is 9.07. The highest BCUT2D eigenvalue weighted by atomic mass is 19.1. The van der Waals surface area contributed by atoms with Gasteiger partial charge in [-0.1, -0.05) is 18.2 Å². The maximum absolute atomic E-state index is 13.4. The standard InChI is InChI=1S/C15H13FO4/c1-19-13-8-9(6-7-12(13)16)10-4-3-5-11(15(17)18)14(10)20-2/h3-8H,1-2H3,(H,17,18). The molecule has 0 bridgehead atoms. The number of halogens is 1. The summed E-state index contributed by atoms with van der Waals surface area (Å²) in [5, 5.41) is 9.15. The molecular weight excluding hydrogens is 263 g/mol. The van der Waals surface area contributed by atoms with Crippen LogP contribution in [0, 0.1) is 5.82 Å². The first-order valence-electron chi connectivity index (χ1n) is 5.82. The lowest BCUT2D eigenvalue weighted by molar-refractivity contribution is 0.0693. The average molecular weight is 276 g/mol. The highest BCUT2D eigenvalue weighted by Gasteiger charge is 2.16. The lowest BCUT2D eigenvalue weighted by atomic mass is 10.0. The number of carboxylic acids is 1. The van der Waals surface area contributed by atoms with Crippen LogP contribution in [0.1, 0.15) is 10.4 Å². The molecule has 4 nitrogen and oxygen atoms in total. The van der Waals surface area contributed by atoms with Crippen molar-refractivity contribution < 1.29 is 23.8 Å². The topological polar surface area (TPSA) is 55.8 Å². The second-order valence-electron chi connectivity index (χ2n) is 4.04. The highest BCUT2D eigenvalue weighted by Crippen LogP contribution is 2.35. The van der Waals surface area contributed by atoms with E-state index in [1.165, 1.54) is 32.4 Å². The van der Waals surface area contributed by atoms with E-state index in [0.717, 1.165) is 0 Å². The van der Waals surface area contributed by atoms with Gasteiger partial charge in [0.05, 0.1) is 14.2 Å². The van der Waals surface area contributed by atoms with Crippen molar-refractivity contribution in [2.75, 3.05) is 14.2 Å². The van der Waals surface area contributed by atoms with E-state index in [-0.39, 0.29) is 17.1 Å². The summed E-state index contributed by atoms with van der Waals surface area (Å²) < 4.78 is 23.5. The largest absolute Gasteiger partial charge is 0.495 e. The van der Waals surface area contributed by atoms with E-state index in [9.17, 15) is 9.18 Å². The van der Waals surface area contributed by atoms with Gasteiger partial charge in [-0.05, 0) is 23.8 Å². The molecule has 2 aromatic rings. The fourth-order valence-corrected chi connectivity index (χ4v) is 1.98. The molecule has 0 radical (unpaired) electrons. The minimum absolute atomic E-state index is 0.0493. The van der Waals surface area contributed by atoms with Gasteiger partial charge in [0, 0.05) is 5.56 Å². The van der Waals surface area contributed by atoms with Crippen molar-refractivity contribution >= 4 is 5.97 Å². The quantitative estimate of drug-likeness (QED) is 0.931. The molecule has 0 saturated carbocycles. The SMILES string of the molecule is COc1cc(-c2cccc(C(=O)O)c2OC)ccc1F. The van der Waals surface area contributed by atoms with E-state index >= 15 is 0 Å². The molecular formula is C15H13FO4. The molecule has 2 rings (SSSR count). The number of methoxy groups -OCH3 is 2. The monoisotopic (exact) mass is 276 g/mol. The molecule has 0 atom stereocenters. The van der Waals surface area contributed by atoms with Gasteiger partial charge in [-0.15, -0.1) is 0 Å². The second-order valence-corrected chi connectivity index (χ2v) is 4.04. The van der Waals surface area contributed by atoms with Gasteiger partial charge in [0.15, 0.2) is 11.6 Å². The molecule has 5 heteroatoms. The van der Waals surface area contributed by atoms with Gasteiger partial charge >= 0.3 is 5.97 Å². The molecule has 0 aromatic heterocycles. The van der Waals surface area contributed by atoms with Crippen LogP contribution in [-0.4, -0.2) is 25.3 Å². The fraction of sp³-hybridized carbons (Fsp3) is 0.133. The number of carboxylic acid groups (broad SMARTS) is 1. The van der Waals surface area contributed by atoms with Crippen molar-refractivity contribution in [1.82, 2.24) is 0 Å². The molecule has 2 aromatic carbocycles. The Morgan fingerprint density at radius 1 is 1.15 bits per heavy atom. The van der Waals surface area contributed by atoms with Crippen LogP contribution >= 0.6 is 0 Å². The Morgan fingerprint density at radius 3 is 2.50 bits per heavy atom. The summed E-state index contributed by atoms with van der Waals surface area (Å²) >= 11 is 0. The van der Waals surface area contributed by atoms with Gasteiger partial charge in [0.1, 0.15) is 11.3 Å². The third-order valence-corrected chi connectivity index (χ3v) is 2.91. The van der Waals surface area contributed by atoms with Crippen LogP contribution in [-0.2, 0) is 0 Å². The maximum atomic E-state index is 13.4. The van der Waals surface area contributed by atoms with Crippen LogP contribution in [0.3, 0.4) is 0 Å². The zero-order chi connectivity index (χ0) is 14.7. The van der Waals surface area contributed by atoms with Crippen LogP contribution in [0.2, 0.25) is 0 Å². The van der Waals surface area contributed by atoms with Crippen molar-refractivity contribution in [3.8, 4) is 22.6 Å². The first-order valence-corrected chi connectivity index (χ1v) is 5.82. The number of ether oxygens (including phenoxy) is 2. The number of hydrogen-bond donors (Lipinski definition) is 1. The van der Waals surface area contributed by atoms with E-state index in [1.807, 2.05) is 0 Å². The summed E-state index contributed by atoms with van der Waals surface area (Å²) in [5.41, 5.74) is 1.22. The van der Waals surface area contributed by atoms with Crippen LogP contribution in [0.4, 0.5) is 4.39 Å². The minimum atomic E-state index is -1.09. The number of benzene rings is 2. The fourth-order valence-electron chi connectivity index (χ4n) is 1.98. The Balaban J connectivity index is 2.63. The predicted octanol–water partition coefficient (Wildman–Crippen LogP) is 3.21. The first-order chi connectivity index (χ1) is 9.58. The van der Waals surface area contributed by atoms with Gasteiger partial charge in [-0.3, -0.25) is 0 Å². The number of rotatable bonds is 4. The van der Waals surface area contributed by atoms with Crippen molar-refractivity contribution in [1.29, 1.82) is 0 Å². The number of carbonyl (C=O) groups is 1. The summed E-state index contributed by atoms with van der Waals surface area (Å²) in [7, 11) is 2.76. The summed E-state index contributed by atoms with van der Waals surface area (Å²) in [6.07, 6.45) is 0. The Bertz CT molecular complexity index is 652. The molecule has 0 fully saturated rings. The third kappa shape index (κ3) is 2.42. The van der Waals surface area contributed by atoms with Crippen molar-refractivity contribution in [3.05, 3.63) is 47.8 Å². The van der Waals surface area contributed by atoms with E-state index in [4.69, 9.17) is 14.6 Å². The van der Waals surface area contributed by atoms with Crippen LogP contribution in [0.15, 0.2) is 36.4 Å². The Labute approximate surface area is 115 Å². The number of hydrogen-bond acceptors (Lipinski definition) is 3. The van der Waals surface area contributed by atoms with Gasteiger partial charge < -0.3 is 14.6 Å². The smallest absolute Gasteiger partial charge is 0.339 e. The third-order valence-electron chi connectivity index (χ3n) is 2.91. The van der Waals surface area contributed by atoms with E-state index in [2.05, 4.69) is 0 Å². The van der Waals surface area contributed by atoms with Gasteiger partial charge in [0.25, 0.3) is 0 Å². The van der Waals surface area contributed by atoms with Crippen molar-refractivity contribution in [2.24, 2.45) is 0 Å². The zero-order valence-corrected chi connectivity index (χ0v) is 11.0. The lowest BCUT2D eigenvalue weighted by Gasteiger charge is -2.12. The first kappa shape index (κ1) is 13.9. The zero-order valence-electron chi connectivity index (χ0n) is 11.0. The summed E-state index contributed by atoms with van der Waals surface area (Å²) in [6.45, 7) is 0. The molecule has 20 heavy (non-hydrogen) atoms. The molecule has 0 aliphatic carbocycles. The molecule has 0 unspecified atom stereocenters. The van der Waals surface area contributed by atoms with Crippen LogP contribution < -0.4 is 9.47 Å². The van der Waals surface area contributed by atoms with Crippen LogP contribution in [0.25, 0.3) is 11.1 Å². The van der Waals surface area contributed by atoms with Crippen molar-refractivity contribution in [2.45, 2.75) is 0 Å². The van der Waals surface area contributed by atoms with Crippen LogP contribution in [0.5, 0.6) is 11.5 Å². The molecule has 0 aliphatic heterocycles. The van der Waals surface area contributed by atoms with Gasteiger partial charge in [0.2, 0.25) is 0 Å². The summed E-state index contributed by atoms with van der Waals surface area (Å²) in [5.74, 6) is -1.25. The predicted molar refractivity (Wildman–Crippen MR) is 71.9 cm³/mol. The second kappa shape index (κ2) is 5.61. The maximum Gasteiger partial charge on any atom is 0.339 e. The molecule has 0 aliphatic rings. The average Bonchev–Trinajstić information content (AvgIpc) is 2.46. The lowest BCUT2D eigenvalue weighted by Crippen LogP contribution is -2.01. The number of para-hydroxylation sites is 1.